The van der Waals surface area contributed by atoms with Crippen molar-refractivity contribution >= 4 is 73.6 Å². The van der Waals surface area contributed by atoms with Crippen molar-refractivity contribution in [1.82, 2.24) is 0 Å². The maximum atomic E-state index is 5.54. The van der Waals surface area contributed by atoms with Crippen molar-refractivity contribution in [3.8, 4) is 0 Å². The van der Waals surface area contributed by atoms with E-state index in [0.29, 0.717) is 0 Å². The molecule has 6 heteroatoms. The van der Waals surface area contributed by atoms with Crippen LogP contribution in [0.2, 0.25) is 5.02 Å². The summed E-state index contributed by atoms with van der Waals surface area (Å²) >= 11 is 5.54. The van der Waals surface area contributed by atoms with Crippen molar-refractivity contribution in [2.24, 2.45) is 0 Å². The van der Waals surface area contributed by atoms with Crippen molar-refractivity contribution in [3.63, 3.8) is 0 Å². The molecule has 0 N–H and O–H groups in total. The molecule has 0 aliphatic heterocycles. The Labute approximate surface area is 109 Å². The Morgan fingerprint density at radius 2 is 1.00 bits per heavy atom. The summed E-state index contributed by atoms with van der Waals surface area (Å²) in [4.78, 5) is 0. The maximum Gasteiger partial charge on any atom is 0.0405 e. The lowest BCUT2D eigenvalue weighted by Gasteiger charge is -1.80. The normalized spacial score (nSPS) is 5.08. The number of halogens is 6. The van der Waals surface area contributed by atoms with E-state index >= 15 is 0 Å². The lowest BCUT2D eigenvalue weighted by atomic mass is 10.4. The lowest BCUT2D eigenvalue weighted by molar-refractivity contribution is 1.71. The molecule has 0 amide bonds. The van der Waals surface area contributed by atoms with Crippen LogP contribution in [0.15, 0.2) is 30.3 Å². The Kier molecular flexibility index (Phi) is 43.6. The minimum atomic E-state index is 0. The second-order valence-corrected chi connectivity index (χ2v) is 1.73. The van der Waals surface area contributed by atoms with E-state index in [1.807, 2.05) is 30.3 Å². The third-order valence-electron chi connectivity index (χ3n) is 0.733. The summed E-state index contributed by atoms with van der Waals surface area (Å²) in [5, 5.41) is 0.794. The van der Waals surface area contributed by atoms with Gasteiger partial charge in [-0.1, -0.05) is 29.8 Å². The molecule has 0 heterocycles. The second-order valence-electron chi connectivity index (χ2n) is 1.30. The molecule has 0 nitrogen and oxygen atoms in total. The minimum Gasteiger partial charge on any atom is -0.147 e. The topological polar surface area (TPSA) is 0 Å². The molecule has 76 valence electrons. The molecule has 0 aromatic heterocycles. The summed E-state index contributed by atoms with van der Waals surface area (Å²) in [5.74, 6) is 0. The minimum absolute atomic E-state index is 0. The van der Waals surface area contributed by atoms with E-state index in [9.17, 15) is 0 Å². The first-order valence-corrected chi connectivity index (χ1v) is 2.48. The van der Waals surface area contributed by atoms with Gasteiger partial charge in [0.1, 0.15) is 0 Å². The fourth-order valence-electron chi connectivity index (χ4n) is 0.415. The first-order valence-electron chi connectivity index (χ1n) is 2.10. The van der Waals surface area contributed by atoms with Crippen LogP contribution in [0.25, 0.3) is 0 Å². The van der Waals surface area contributed by atoms with Crippen molar-refractivity contribution in [2.75, 3.05) is 0 Å². The van der Waals surface area contributed by atoms with Crippen LogP contribution >= 0.6 is 73.6 Å². The predicted molar refractivity (Wildman–Crippen MR) is 67.7 cm³/mol. The summed E-state index contributed by atoms with van der Waals surface area (Å²) in [7, 11) is 0. The molecule has 0 fully saturated rings. The van der Waals surface area contributed by atoms with Crippen molar-refractivity contribution < 1.29 is 0 Å². The average molecular weight is 295 g/mol. The summed E-state index contributed by atoms with van der Waals surface area (Å²) in [5.41, 5.74) is 0. The number of hydrogen-bond acceptors (Lipinski definition) is 0. The van der Waals surface area contributed by atoms with Crippen LogP contribution in [-0.2, 0) is 0 Å². The highest BCUT2D eigenvalue weighted by Crippen LogP contribution is 2.03. The summed E-state index contributed by atoms with van der Waals surface area (Å²) in [6, 6.07) is 9.44. The first kappa shape index (κ1) is 29.3. The van der Waals surface area contributed by atoms with Crippen LogP contribution < -0.4 is 0 Å². The van der Waals surface area contributed by atoms with Gasteiger partial charge in [-0.15, -0.1) is 62.0 Å². The van der Waals surface area contributed by atoms with Crippen LogP contribution in [-0.4, -0.2) is 0 Å². The number of hydrogen-bond donors (Lipinski definition) is 0. The van der Waals surface area contributed by atoms with E-state index in [1.54, 1.807) is 0 Å². The molecule has 0 aliphatic rings. The fourth-order valence-corrected chi connectivity index (χ4v) is 0.560. The molecular weight excluding hydrogens is 285 g/mol. The number of benzene rings is 1. The van der Waals surface area contributed by atoms with E-state index < -0.39 is 0 Å². The molecule has 0 saturated carbocycles. The molecular formula is C6H10Cl6. The highest BCUT2D eigenvalue weighted by atomic mass is 35.5. The van der Waals surface area contributed by atoms with Crippen LogP contribution in [0, 0.1) is 0 Å². The van der Waals surface area contributed by atoms with E-state index in [1.165, 1.54) is 0 Å². The zero-order chi connectivity index (χ0) is 5.11. The van der Waals surface area contributed by atoms with Gasteiger partial charge in [-0.05, 0) is 12.1 Å². The third kappa shape index (κ3) is 13.5. The van der Waals surface area contributed by atoms with E-state index in [2.05, 4.69) is 0 Å². The Balaban J connectivity index is -0.0000000327. The van der Waals surface area contributed by atoms with Crippen LogP contribution in [0.5, 0.6) is 0 Å². The Bertz CT molecular complexity index is 142. The summed E-state index contributed by atoms with van der Waals surface area (Å²) < 4.78 is 0. The Morgan fingerprint density at radius 1 is 0.667 bits per heavy atom. The van der Waals surface area contributed by atoms with Gasteiger partial charge in [-0.2, -0.15) is 0 Å². The van der Waals surface area contributed by atoms with Gasteiger partial charge in [0.2, 0.25) is 0 Å². The molecule has 0 spiro atoms. The molecule has 1 rings (SSSR count). The summed E-state index contributed by atoms with van der Waals surface area (Å²) in [6.45, 7) is 0. The van der Waals surface area contributed by atoms with E-state index in [-0.39, 0.29) is 62.0 Å². The van der Waals surface area contributed by atoms with Crippen molar-refractivity contribution in [1.29, 1.82) is 0 Å². The molecule has 0 atom stereocenters. The van der Waals surface area contributed by atoms with E-state index in [0.717, 1.165) is 5.02 Å². The van der Waals surface area contributed by atoms with Crippen LogP contribution in [0.3, 0.4) is 0 Å². The monoisotopic (exact) mass is 292 g/mol. The highest BCUT2D eigenvalue weighted by Gasteiger charge is 1.74. The van der Waals surface area contributed by atoms with Gasteiger partial charge in [0.25, 0.3) is 0 Å². The maximum absolute atomic E-state index is 5.54. The third-order valence-corrected chi connectivity index (χ3v) is 0.985. The molecule has 12 heavy (non-hydrogen) atoms. The van der Waals surface area contributed by atoms with Gasteiger partial charge < -0.3 is 0 Å². The quantitative estimate of drug-likeness (QED) is 0.663. The average Bonchev–Trinajstić information content (AvgIpc) is 1.69. The second kappa shape index (κ2) is 17.9. The first-order chi connectivity index (χ1) is 3.39. The SMILES string of the molecule is Cl.Cl.Cl.Cl.Cl.Clc1ccccc1. The molecule has 1 aromatic rings. The number of rotatable bonds is 0. The van der Waals surface area contributed by atoms with Gasteiger partial charge in [-0.3, -0.25) is 0 Å². The molecule has 0 aliphatic carbocycles. The van der Waals surface area contributed by atoms with Gasteiger partial charge in [0, 0.05) is 5.02 Å². The molecule has 0 unspecified atom stereocenters. The van der Waals surface area contributed by atoms with Crippen molar-refractivity contribution in [3.05, 3.63) is 35.4 Å². The van der Waals surface area contributed by atoms with Gasteiger partial charge >= 0.3 is 0 Å². The summed E-state index contributed by atoms with van der Waals surface area (Å²) in [6.07, 6.45) is 0. The van der Waals surface area contributed by atoms with Crippen LogP contribution in [0.1, 0.15) is 0 Å². The van der Waals surface area contributed by atoms with Gasteiger partial charge in [-0.25, -0.2) is 0 Å². The zero-order valence-corrected chi connectivity index (χ0v) is 10.6. The fraction of sp³-hybridized carbons (Fsp3) is 0. The van der Waals surface area contributed by atoms with Gasteiger partial charge in [0.05, 0.1) is 0 Å². The molecule has 0 radical (unpaired) electrons. The Hall–Kier alpha value is 0.960. The van der Waals surface area contributed by atoms with Crippen LogP contribution in [0.4, 0.5) is 0 Å². The predicted octanol–water partition coefficient (Wildman–Crippen LogP) is 4.45. The zero-order valence-electron chi connectivity index (χ0n) is 5.81. The largest absolute Gasteiger partial charge is 0.147 e. The molecule has 0 bridgehead atoms. The van der Waals surface area contributed by atoms with E-state index in [4.69, 9.17) is 11.6 Å². The Morgan fingerprint density at radius 3 is 1.17 bits per heavy atom. The standard InChI is InChI=1S/C6H5Cl.5ClH/c7-6-4-2-1-3-5-6;;;;;/h1-5H;5*1H. The molecule has 1 aromatic carbocycles. The smallest absolute Gasteiger partial charge is 0.0405 e. The highest BCUT2D eigenvalue weighted by molar-refractivity contribution is 6.30. The van der Waals surface area contributed by atoms with Crippen molar-refractivity contribution in [2.45, 2.75) is 0 Å². The lowest BCUT2D eigenvalue weighted by Crippen LogP contribution is -1.55. The molecule has 0 saturated heterocycles. The van der Waals surface area contributed by atoms with Gasteiger partial charge in [0.15, 0.2) is 0 Å².